The Balaban J connectivity index is 2.11. The number of methoxy groups -OCH3 is 1. The predicted molar refractivity (Wildman–Crippen MR) is 125 cm³/mol. The van der Waals surface area contributed by atoms with Gasteiger partial charge in [-0.3, -0.25) is 4.90 Å². The van der Waals surface area contributed by atoms with Gasteiger partial charge in [0.05, 0.1) is 17.6 Å². The van der Waals surface area contributed by atoms with Crippen LogP contribution in [-0.4, -0.2) is 68.7 Å². The van der Waals surface area contributed by atoms with E-state index >= 15 is 0 Å². The molecule has 0 bridgehead atoms. The fraction of sp³-hybridized carbons (Fsp3) is 0.478. The third kappa shape index (κ3) is 7.00. The molecule has 0 heterocycles. The maximum atomic E-state index is 12.9. The highest BCUT2D eigenvalue weighted by molar-refractivity contribution is 7.89. The van der Waals surface area contributed by atoms with Gasteiger partial charge in [0.1, 0.15) is 0 Å². The lowest BCUT2D eigenvalue weighted by Crippen LogP contribution is -2.44. The van der Waals surface area contributed by atoms with Crippen molar-refractivity contribution in [1.82, 2.24) is 9.21 Å². The molecular weight excluding hydrogens is 436 g/mol. The Labute approximate surface area is 191 Å². The van der Waals surface area contributed by atoms with Gasteiger partial charge in [-0.2, -0.15) is 4.31 Å². The Morgan fingerprint density at radius 1 is 1.03 bits per heavy atom. The molecule has 2 aromatic rings. The lowest BCUT2D eigenvalue weighted by Gasteiger charge is -2.34. The Morgan fingerprint density at radius 2 is 1.65 bits per heavy atom. The molecule has 0 radical (unpaired) electrons. The highest BCUT2D eigenvalue weighted by Gasteiger charge is 2.28. The summed E-state index contributed by atoms with van der Waals surface area (Å²) >= 11 is 6.33. The molecule has 0 spiro atoms. The summed E-state index contributed by atoms with van der Waals surface area (Å²) in [7, 11) is -0.435. The normalized spacial score (nSPS) is 15.2. The van der Waals surface area contributed by atoms with Gasteiger partial charge in [0.2, 0.25) is 10.0 Å². The minimum absolute atomic E-state index is 0.00918. The first-order valence-corrected chi connectivity index (χ1v) is 12.1. The molecule has 0 aromatic heterocycles. The van der Waals surface area contributed by atoms with Crippen LogP contribution in [0.2, 0.25) is 5.02 Å². The van der Waals surface area contributed by atoms with E-state index in [0.29, 0.717) is 18.1 Å². The van der Waals surface area contributed by atoms with Crippen molar-refractivity contribution in [3.8, 4) is 0 Å². The molecule has 0 fully saturated rings. The first-order chi connectivity index (χ1) is 14.7. The van der Waals surface area contributed by atoms with E-state index in [1.165, 1.54) is 4.31 Å². The van der Waals surface area contributed by atoms with Gasteiger partial charge in [-0.1, -0.05) is 54.9 Å². The highest BCUT2D eigenvalue weighted by Crippen LogP contribution is 2.22. The number of hydrogen-bond acceptors (Lipinski definition) is 5. The number of ether oxygens (including phenoxy) is 1. The van der Waals surface area contributed by atoms with E-state index in [9.17, 15) is 13.5 Å². The molecular formula is C23H33ClN2O4S. The highest BCUT2D eigenvalue weighted by atomic mass is 35.5. The molecule has 0 aliphatic heterocycles. The summed E-state index contributed by atoms with van der Waals surface area (Å²) in [6.07, 6.45) is -0.317. The minimum atomic E-state index is -3.60. The van der Waals surface area contributed by atoms with Crippen molar-refractivity contribution in [2.75, 3.05) is 33.9 Å². The number of aliphatic hydroxyl groups excluding tert-OH is 1. The van der Waals surface area contributed by atoms with E-state index in [1.54, 1.807) is 44.5 Å². The smallest absolute Gasteiger partial charge is 0.242 e. The van der Waals surface area contributed by atoms with E-state index in [2.05, 4.69) is 4.90 Å². The van der Waals surface area contributed by atoms with Gasteiger partial charge in [0, 0.05) is 44.9 Å². The maximum absolute atomic E-state index is 12.9. The van der Waals surface area contributed by atoms with Crippen LogP contribution in [0.1, 0.15) is 19.4 Å². The molecule has 8 heteroatoms. The molecule has 2 rings (SSSR count). The number of sulfonamides is 1. The third-order valence-corrected chi connectivity index (χ3v) is 7.77. The van der Waals surface area contributed by atoms with Crippen LogP contribution in [0.25, 0.3) is 0 Å². The van der Waals surface area contributed by atoms with Gasteiger partial charge in [0.25, 0.3) is 0 Å². The standard InChI is InChI=1S/C23H33ClN2O4S/c1-18(14-26(19(2)17-27)15-20-10-8-9-13-22(20)24)23(30-4)16-25(3)31(28,29)21-11-6-5-7-12-21/h5-13,18-19,23,27H,14-17H2,1-4H3/t18-,19-,23+/m0/s1. The van der Waals surface area contributed by atoms with E-state index in [0.717, 1.165) is 5.56 Å². The van der Waals surface area contributed by atoms with E-state index in [4.69, 9.17) is 16.3 Å². The zero-order valence-corrected chi connectivity index (χ0v) is 20.2. The topological polar surface area (TPSA) is 70.1 Å². The maximum Gasteiger partial charge on any atom is 0.242 e. The fourth-order valence-corrected chi connectivity index (χ4v) is 4.86. The van der Waals surface area contributed by atoms with Crippen LogP contribution < -0.4 is 0 Å². The van der Waals surface area contributed by atoms with Crippen molar-refractivity contribution in [2.45, 2.75) is 37.4 Å². The van der Waals surface area contributed by atoms with Crippen LogP contribution >= 0.6 is 11.6 Å². The lowest BCUT2D eigenvalue weighted by atomic mass is 10.0. The minimum Gasteiger partial charge on any atom is -0.395 e. The summed E-state index contributed by atoms with van der Waals surface area (Å²) in [5, 5.41) is 10.4. The molecule has 0 amide bonds. The molecule has 0 saturated heterocycles. The first-order valence-electron chi connectivity index (χ1n) is 10.3. The van der Waals surface area contributed by atoms with E-state index < -0.39 is 10.0 Å². The van der Waals surface area contributed by atoms with Gasteiger partial charge in [0.15, 0.2) is 0 Å². The van der Waals surface area contributed by atoms with Gasteiger partial charge in [-0.15, -0.1) is 0 Å². The molecule has 6 nitrogen and oxygen atoms in total. The largest absolute Gasteiger partial charge is 0.395 e. The van der Waals surface area contributed by atoms with Gasteiger partial charge in [-0.25, -0.2) is 8.42 Å². The summed E-state index contributed by atoms with van der Waals surface area (Å²) in [5.74, 6) is 0.00918. The fourth-order valence-electron chi connectivity index (χ4n) is 3.46. The number of likely N-dealkylation sites (N-methyl/N-ethyl adjacent to an activating group) is 1. The molecule has 0 aliphatic carbocycles. The second kappa shape index (κ2) is 11.9. The van der Waals surface area contributed by atoms with Gasteiger partial charge < -0.3 is 9.84 Å². The Morgan fingerprint density at radius 3 is 2.23 bits per heavy atom. The number of benzene rings is 2. The number of rotatable bonds is 12. The van der Waals surface area contributed by atoms with E-state index in [1.807, 2.05) is 38.1 Å². The number of nitrogens with zero attached hydrogens (tertiary/aromatic N) is 2. The lowest BCUT2D eigenvalue weighted by molar-refractivity contribution is 0.0194. The molecule has 1 N–H and O–H groups in total. The molecule has 3 atom stereocenters. The average Bonchev–Trinajstić information content (AvgIpc) is 2.78. The number of aliphatic hydroxyl groups is 1. The zero-order chi connectivity index (χ0) is 23.0. The van der Waals surface area contributed by atoms with Crippen molar-refractivity contribution < 1.29 is 18.3 Å². The average molecular weight is 469 g/mol. The van der Waals surface area contributed by atoms with Crippen LogP contribution in [0.15, 0.2) is 59.5 Å². The second-order valence-electron chi connectivity index (χ2n) is 7.90. The Hall–Kier alpha value is -1.48. The summed E-state index contributed by atoms with van der Waals surface area (Å²) < 4.78 is 32.8. The van der Waals surface area contributed by atoms with Crippen molar-refractivity contribution in [3.63, 3.8) is 0 Å². The van der Waals surface area contributed by atoms with Crippen LogP contribution in [-0.2, 0) is 21.3 Å². The van der Waals surface area contributed by atoms with Gasteiger partial charge in [-0.05, 0) is 36.6 Å². The van der Waals surface area contributed by atoms with Crippen molar-refractivity contribution in [3.05, 3.63) is 65.2 Å². The van der Waals surface area contributed by atoms with Crippen molar-refractivity contribution in [2.24, 2.45) is 5.92 Å². The van der Waals surface area contributed by atoms with Crippen LogP contribution in [0, 0.1) is 5.92 Å². The van der Waals surface area contributed by atoms with Crippen LogP contribution in [0.3, 0.4) is 0 Å². The predicted octanol–water partition coefficient (Wildman–Crippen LogP) is 3.49. The Bertz CT molecular complexity index is 911. The summed E-state index contributed by atoms with van der Waals surface area (Å²) in [6.45, 7) is 5.42. The van der Waals surface area contributed by atoms with Crippen molar-refractivity contribution in [1.29, 1.82) is 0 Å². The molecule has 0 aliphatic rings. The monoisotopic (exact) mass is 468 g/mol. The van der Waals surface area contributed by atoms with Crippen molar-refractivity contribution >= 4 is 21.6 Å². The van der Waals surface area contributed by atoms with Crippen LogP contribution in [0.5, 0.6) is 0 Å². The Kier molecular flexibility index (Phi) is 9.93. The van der Waals surface area contributed by atoms with Gasteiger partial charge >= 0.3 is 0 Å². The molecule has 0 unspecified atom stereocenters. The number of hydrogen-bond donors (Lipinski definition) is 1. The third-order valence-electron chi connectivity index (χ3n) is 5.57. The molecule has 2 aromatic carbocycles. The zero-order valence-electron chi connectivity index (χ0n) is 18.6. The first kappa shape index (κ1) is 25.8. The number of halogens is 1. The molecule has 31 heavy (non-hydrogen) atoms. The SMILES string of the molecule is CO[C@H](CN(C)S(=O)(=O)c1ccccc1)[C@@H](C)CN(Cc1ccccc1Cl)[C@@H](C)CO. The second-order valence-corrected chi connectivity index (χ2v) is 10.4. The van der Waals surface area contributed by atoms with Crippen LogP contribution in [0.4, 0.5) is 0 Å². The summed E-state index contributed by atoms with van der Waals surface area (Å²) in [6, 6.07) is 15.9. The van der Waals surface area contributed by atoms with E-state index in [-0.39, 0.29) is 36.1 Å². The molecule has 0 saturated carbocycles. The molecule has 172 valence electrons. The quantitative estimate of drug-likeness (QED) is 0.516. The summed E-state index contributed by atoms with van der Waals surface area (Å²) in [4.78, 5) is 2.40. The summed E-state index contributed by atoms with van der Waals surface area (Å²) in [5.41, 5.74) is 0.981.